The van der Waals surface area contributed by atoms with Gasteiger partial charge in [0, 0.05) is 26.1 Å². The SMILES string of the molecule is CCNC(=NCC1(O)CCCC1)N1CCCC(CC(N)=O)C1. The van der Waals surface area contributed by atoms with E-state index in [4.69, 9.17) is 5.73 Å². The van der Waals surface area contributed by atoms with Crippen molar-refractivity contribution in [2.24, 2.45) is 16.6 Å². The van der Waals surface area contributed by atoms with E-state index in [9.17, 15) is 9.90 Å². The summed E-state index contributed by atoms with van der Waals surface area (Å²) in [6.07, 6.45) is 6.41. The summed E-state index contributed by atoms with van der Waals surface area (Å²) in [5.41, 5.74) is 4.70. The number of likely N-dealkylation sites (tertiary alicyclic amines) is 1. The molecule has 1 aliphatic carbocycles. The van der Waals surface area contributed by atoms with Crippen molar-refractivity contribution in [1.82, 2.24) is 10.2 Å². The van der Waals surface area contributed by atoms with E-state index < -0.39 is 5.60 Å². The number of guanidine groups is 1. The fourth-order valence-corrected chi connectivity index (χ4v) is 3.55. The lowest BCUT2D eigenvalue weighted by Gasteiger charge is -2.35. The summed E-state index contributed by atoms with van der Waals surface area (Å²) in [5.74, 6) is 0.940. The Balaban J connectivity index is 1.98. The van der Waals surface area contributed by atoms with E-state index in [1.54, 1.807) is 0 Å². The third-order valence-corrected chi connectivity index (χ3v) is 4.70. The number of amides is 1. The number of aliphatic hydroxyl groups is 1. The van der Waals surface area contributed by atoms with Crippen LogP contribution in [0.3, 0.4) is 0 Å². The Hall–Kier alpha value is -1.30. The third kappa shape index (κ3) is 4.87. The van der Waals surface area contributed by atoms with Crippen LogP contribution in [-0.2, 0) is 4.79 Å². The molecule has 0 radical (unpaired) electrons. The molecule has 6 heteroatoms. The van der Waals surface area contributed by atoms with E-state index in [1.807, 2.05) is 6.92 Å². The zero-order chi connectivity index (χ0) is 16.0. The monoisotopic (exact) mass is 310 g/mol. The number of nitrogens with two attached hydrogens (primary N) is 1. The van der Waals surface area contributed by atoms with Crippen molar-refractivity contribution in [2.45, 2.75) is 57.5 Å². The van der Waals surface area contributed by atoms with Crippen LogP contribution in [0.1, 0.15) is 51.9 Å². The van der Waals surface area contributed by atoms with Crippen LogP contribution in [0.5, 0.6) is 0 Å². The summed E-state index contributed by atoms with van der Waals surface area (Å²) in [7, 11) is 0. The van der Waals surface area contributed by atoms with Gasteiger partial charge in [-0.15, -0.1) is 0 Å². The Morgan fingerprint density at radius 3 is 2.77 bits per heavy atom. The van der Waals surface area contributed by atoms with Crippen LogP contribution < -0.4 is 11.1 Å². The molecule has 2 aliphatic rings. The highest BCUT2D eigenvalue weighted by molar-refractivity contribution is 5.80. The van der Waals surface area contributed by atoms with E-state index in [-0.39, 0.29) is 5.91 Å². The molecule has 0 spiro atoms. The molecule has 2 rings (SSSR count). The number of hydrogen-bond donors (Lipinski definition) is 3. The number of nitrogens with zero attached hydrogens (tertiary/aromatic N) is 2. The van der Waals surface area contributed by atoms with Crippen molar-refractivity contribution >= 4 is 11.9 Å². The molecule has 1 aliphatic heterocycles. The van der Waals surface area contributed by atoms with Gasteiger partial charge in [0.1, 0.15) is 0 Å². The molecular formula is C16H30N4O2. The molecular weight excluding hydrogens is 280 g/mol. The van der Waals surface area contributed by atoms with Crippen molar-refractivity contribution < 1.29 is 9.90 Å². The predicted octanol–water partition coefficient (Wildman–Crippen LogP) is 0.844. The maximum absolute atomic E-state index is 11.1. The molecule has 1 saturated heterocycles. The highest BCUT2D eigenvalue weighted by Crippen LogP contribution is 2.29. The quantitative estimate of drug-likeness (QED) is 0.518. The molecule has 1 amide bonds. The number of nitrogens with one attached hydrogen (secondary N) is 1. The average molecular weight is 310 g/mol. The van der Waals surface area contributed by atoms with Crippen molar-refractivity contribution in [1.29, 1.82) is 0 Å². The normalized spacial score (nSPS) is 25.3. The highest BCUT2D eigenvalue weighted by Gasteiger charge is 2.31. The second kappa shape index (κ2) is 7.81. The molecule has 1 unspecified atom stereocenters. The second-order valence-corrected chi connectivity index (χ2v) is 6.73. The van der Waals surface area contributed by atoms with E-state index in [0.29, 0.717) is 18.9 Å². The Labute approximate surface area is 133 Å². The molecule has 126 valence electrons. The summed E-state index contributed by atoms with van der Waals surface area (Å²) < 4.78 is 0. The Morgan fingerprint density at radius 1 is 1.41 bits per heavy atom. The fourth-order valence-electron chi connectivity index (χ4n) is 3.55. The highest BCUT2D eigenvalue weighted by atomic mass is 16.3. The summed E-state index contributed by atoms with van der Waals surface area (Å²) in [5, 5.41) is 13.8. The van der Waals surface area contributed by atoms with Crippen LogP contribution in [0.25, 0.3) is 0 Å². The van der Waals surface area contributed by atoms with E-state index in [1.165, 1.54) is 0 Å². The van der Waals surface area contributed by atoms with Gasteiger partial charge in [0.05, 0.1) is 12.1 Å². The lowest BCUT2D eigenvalue weighted by molar-refractivity contribution is -0.119. The molecule has 0 aromatic carbocycles. The fraction of sp³-hybridized carbons (Fsp3) is 0.875. The average Bonchev–Trinajstić information content (AvgIpc) is 2.90. The van der Waals surface area contributed by atoms with Crippen LogP contribution in [0.15, 0.2) is 4.99 Å². The summed E-state index contributed by atoms with van der Waals surface area (Å²) >= 11 is 0. The first kappa shape index (κ1) is 17.1. The second-order valence-electron chi connectivity index (χ2n) is 6.73. The van der Waals surface area contributed by atoms with Gasteiger partial charge in [0.25, 0.3) is 0 Å². The van der Waals surface area contributed by atoms with Gasteiger partial charge in [-0.3, -0.25) is 9.79 Å². The first-order valence-electron chi connectivity index (χ1n) is 8.56. The van der Waals surface area contributed by atoms with Crippen molar-refractivity contribution in [3.8, 4) is 0 Å². The molecule has 22 heavy (non-hydrogen) atoms. The summed E-state index contributed by atoms with van der Waals surface area (Å²) in [4.78, 5) is 18.0. The molecule has 2 fully saturated rings. The number of hydrogen-bond acceptors (Lipinski definition) is 3. The van der Waals surface area contributed by atoms with Gasteiger partial charge >= 0.3 is 0 Å². The smallest absolute Gasteiger partial charge is 0.217 e. The van der Waals surface area contributed by atoms with E-state index in [2.05, 4.69) is 15.2 Å². The Morgan fingerprint density at radius 2 is 2.14 bits per heavy atom. The van der Waals surface area contributed by atoms with Gasteiger partial charge in [-0.2, -0.15) is 0 Å². The van der Waals surface area contributed by atoms with Crippen LogP contribution in [0.4, 0.5) is 0 Å². The zero-order valence-electron chi connectivity index (χ0n) is 13.7. The van der Waals surface area contributed by atoms with Crippen LogP contribution in [0, 0.1) is 5.92 Å². The van der Waals surface area contributed by atoms with Gasteiger partial charge < -0.3 is 21.1 Å². The molecule has 1 saturated carbocycles. The molecule has 4 N–H and O–H groups in total. The minimum absolute atomic E-state index is 0.228. The number of carbonyl (C=O) groups excluding carboxylic acids is 1. The molecule has 6 nitrogen and oxygen atoms in total. The lowest BCUT2D eigenvalue weighted by Crippen LogP contribution is -2.47. The van der Waals surface area contributed by atoms with Gasteiger partial charge in [-0.1, -0.05) is 12.8 Å². The molecule has 1 atom stereocenters. The number of rotatable bonds is 5. The number of piperidine rings is 1. The van der Waals surface area contributed by atoms with Crippen LogP contribution in [0.2, 0.25) is 0 Å². The summed E-state index contributed by atoms with van der Waals surface area (Å²) in [6.45, 7) is 5.07. The first-order chi connectivity index (χ1) is 10.5. The minimum atomic E-state index is -0.622. The summed E-state index contributed by atoms with van der Waals surface area (Å²) in [6, 6.07) is 0. The van der Waals surface area contributed by atoms with Gasteiger partial charge in [-0.05, 0) is 38.5 Å². The lowest BCUT2D eigenvalue weighted by atomic mass is 9.95. The molecule has 0 aromatic rings. The number of carbonyl (C=O) groups is 1. The van der Waals surface area contributed by atoms with E-state index >= 15 is 0 Å². The maximum atomic E-state index is 11.1. The van der Waals surface area contributed by atoms with Crippen molar-refractivity contribution in [2.75, 3.05) is 26.2 Å². The first-order valence-corrected chi connectivity index (χ1v) is 8.56. The number of primary amides is 1. The molecule has 0 aromatic heterocycles. The Bertz CT molecular complexity index is 405. The standard InChI is InChI=1S/C16H30N4O2/c1-2-18-15(19-12-16(22)7-3-4-8-16)20-9-5-6-13(11-20)10-14(17)21/h13,22H,2-12H2,1H3,(H2,17,21)(H,18,19). The number of aliphatic imine (C=N–C) groups is 1. The minimum Gasteiger partial charge on any atom is -0.388 e. The zero-order valence-corrected chi connectivity index (χ0v) is 13.7. The van der Waals surface area contributed by atoms with Gasteiger partial charge in [0.15, 0.2) is 5.96 Å². The van der Waals surface area contributed by atoms with Crippen molar-refractivity contribution in [3.05, 3.63) is 0 Å². The maximum Gasteiger partial charge on any atom is 0.217 e. The molecule has 0 bridgehead atoms. The van der Waals surface area contributed by atoms with Crippen LogP contribution in [-0.4, -0.2) is 53.7 Å². The van der Waals surface area contributed by atoms with Gasteiger partial charge in [-0.25, -0.2) is 0 Å². The van der Waals surface area contributed by atoms with Crippen molar-refractivity contribution in [3.63, 3.8) is 0 Å². The third-order valence-electron chi connectivity index (χ3n) is 4.70. The topological polar surface area (TPSA) is 91.0 Å². The van der Waals surface area contributed by atoms with Gasteiger partial charge in [0.2, 0.25) is 5.91 Å². The Kier molecular flexibility index (Phi) is 6.06. The predicted molar refractivity (Wildman–Crippen MR) is 87.5 cm³/mol. The van der Waals surface area contributed by atoms with Crippen LogP contribution >= 0.6 is 0 Å². The molecule has 1 heterocycles. The van der Waals surface area contributed by atoms with E-state index in [0.717, 1.165) is 64.1 Å². The largest absolute Gasteiger partial charge is 0.388 e.